The number of aromatic nitrogens is 2. The summed E-state index contributed by atoms with van der Waals surface area (Å²) >= 11 is 1.87. The van der Waals surface area contributed by atoms with Crippen molar-refractivity contribution in [3.63, 3.8) is 0 Å². The summed E-state index contributed by atoms with van der Waals surface area (Å²) in [5.41, 5.74) is 3.41. The van der Waals surface area contributed by atoms with Gasteiger partial charge >= 0.3 is 0 Å². The lowest BCUT2D eigenvalue weighted by atomic mass is 10.3. The van der Waals surface area contributed by atoms with E-state index < -0.39 is 0 Å². The maximum absolute atomic E-state index is 5.12. The van der Waals surface area contributed by atoms with Crippen LogP contribution in [0.25, 0.3) is 5.65 Å². The summed E-state index contributed by atoms with van der Waals surface area (Å²) < 4.78 is 7.21. The number of pyridine rings is 1. The fourth-order valence-corrected chi connectivity index (χ4v) is 2.61. The lowest BCUT2D eigenvalue weighted by molar-refractivity contribution is 0.203. The first-order chi connectivity index (χ1) is 8.20. The van der Waals surface area contributed by atoms with E-state index >= 15 is 0 Å². The van der Waals surface area contributed by atoms with Gasteiger partial charge in [0.05, 0.1) is 12.3 Å². The Kier molecular flexibility index (Phi) is 4.07. The Morgan fingerprint density at radius 2 is 2.35 bits per heavy atom. The first kappa shape index (κ1) is 12.5. The minimum atomic E-state index is 0.505. The fourth-order valence-electron chi connectivity index (χ4n) is 1.78. The number of methoxy groups -OCH3 is 1. The molecule has 92 valence electrons. The molecule has 0 aliphatic heterocycles. The van der Waals surface area contributed by atoms with Gasteiger partial charge in [-0.05, 0) is 18.6 Å². The van der Waals surface area contributed by atoms with Crippen LogP contribution < -0.4 is 0 Å². The van der Waals surface area contributed by atoms with Crippen molar-refractivity contribution in [2.45, 2.75) is 24.9 Å². The van der Waals surface area contributed by atoms with E-state index in [-0.39, 0.29) is 0 Å². The number of imidazole rings is 1. The van der Waals surface area contributed by atoms with Crippen LogP contribution in [0.2, 0.25) is 0 Å². The average molecular weight is 250 g/mol. The standard InChI is InChI=1S/C13H18N2OS/c1-10-5-4-6-15-7-12(14-13(10)15)9-17-11(2)8-16-3/h4-7,11H,8-9H2,1-3H3/t11-/m0/s1. The predicted octanol–water partition coefficient (Wildman–Crippen LogP) is 2.91. The number of nitrogens with zero attached hydrogens (tertiary/aromatic N) is 2. The Hall–Kier alpha value is -1.00. The Morgan fingerprint density at radius 3 is 3.06 bits per heavy atom. The van der Waals surface area contributed by atoms with Crippen molar-refractivity contribution < 1.29 is 4.74 Å². The lowest BCUT2D eigenvalue weighted by Gasteiger charge is -2.07. The zero-order valence-corrected chi connectivity index (χ0v) is 11.3. The minimum absolute atomic E-state index is 0.505. The second-order valence-electron chi connectivity index (χ2n) is 4.23. The van der Waals surface area contributed by atoms with Crippen LogP contribution in [0.15, 0.2) is 24.5 Å². The van der Waals surface area contributed by atoms with Crippen LogP contribution in [0.1, 0.15) is 18.2 Å². The van der Waals surface area contributed by atoms with Crippen molar-refractivity contribution in [2.24, 2.45) is 0 Å². The molecule has 4 heteroatoms. The zero-order valence-electron chi connectivity index (χ0n) is 10.5. The predicted molar refractivity (Wildman–Crippen MR) is 72.6 cm³/mol. The Balaban J connectivity index is 2.07. The highest BCUT2D eigenvalue weighted by molar-refractivity contribution is 7.99. The quantitative estimate of drug-likeness (QED) is 0.816. The molecule has 17 heavy (non-hydrogen) atoms. The molecule has 0 amide bonds. The number of rotatable bonds is 5. The summed E-state index contributed by atoms with van der Waals surface area (Å²) in [5, 5.41) is 0.505. The van der Waals surface area contributed by atoms with Crippen LogP contribution in [0.3, 0.4) is 0 Å². The first-order valence-electron chi connectivity index (χ1n) is 5.74. The third kappa shape index (κ3) is 3.01. The lowest BCUT2D eigenvalue weighted by Crippen LogP contribution is -2.05. The minimum Gasteiger partial charge on any atom is -0.384 e. The van der Waals surface area contributed by atoms with Crippen LogP contribution >= 0.6 is 11.8 Å². The van der Waals surface area contributed by atoms with E-state index in [0.29, 0.717) is 5.25 Å². The summed E-state index contributed by atoms with van der Waals surface area (Å²) in [7, 11) is 1.74. The molecule has 0 saturated heterocycles. The van der Waals surface area contributed by atoms with Gasteiger partial charge in [0.15, 0.2) is 0 Å². The van der Waals surface area contributed by atoms with Gasteiger partial charge in [0, 0.05) is 30.5 Å². The Morgan fingerprint density at radius 1 is 1.53 bits per heavy atom. The molecule has 0 radical (unpaired) electrons. The van der Waals surface area contributed by atoms with Crippen LogP contribution in [0.4, 0.5) is 0 Å². The fraction of sp³-hybridized carbons (Fsp3) is 0.462. The number of aryl methyl sites for hydroxylation is 1. The first-order valence-corrected chi connectivity index (χ1v) is 6.79. The third-order valence-electron chi connectivity index (χ3n) is 2.64. The van der Waals surface area contributed by atoms with Crippen molar-refractivity contribution in [1.29, 1.82) is 0 Å². The van der Waals surface area contributed by atoms with E-state index in [1.807, 2.05) is 18.0 Å². The molecular formula is C13H18N2OS. The SMILES string of the molecule is COC[C@H](C)SCc1cn2cccc(C)c2n1. The molecule has 2 rings (SSSR count). The molecule has 0 aliphatic carbocycles. The van der Waals surface area contributed by atoms with E-state index in [1.165, 1.54) is 5.56 Å². The molecule has 2 heterocycles. The topological polar surface area (TPSA) is 26.5 Å². The van der Waals surface area contributed by atoms with Gasteiger partial charge in [-0.1, -0.05) is 13.0 Å². The van der Waals surface area contributed by atoms with E-state index in [0.717, 1.165) is 23.7 Å². The van der Waals surface area contributed by atoms with Gasteiger partial charge in [-0.2, -0.15) is 0 Å². The van der Waals surface area contributed by atoms with E-state index in [2.05, 4.69) is 41.6 Å². The number of ether oxygens (including phenoxy) is 1. The third-order valence-corrected chi connectivity index (χ3v) is 3.81. The molecule has 0 spiro atoms. The van der Waals surface area contributed by atoms with E-state index in [1.54, 1.807) is 7.11 Å². The molecular weight excluding hydrogens is 232 g/mol. The van der Waals surface area contributed by atoms with Crippen molar-refractivity contribution in [3.05, 3.63) is 35.8 Å². The molecule has 0 bridgehead atoms. The average Bonchev–Trinajstić information content (AvgIpc) is 2.71. The molecule has 0 saturated carbocycles. The van der Waals surface area contributed by atoms with Gasteiger partial charge in [-0.15, -0.1) is 11.8 Å². The number of hydrogen-bond acceptors (Lipinski definition) is 3. The van der Waals surface area contributed by atoms with Gasteiger partial charge in [0.1, 0.15) is 5.65 Å². The smallest absolute Gasteiger partial charge is 0.139 e. The number of thioether (sulfide) groups is 1. The van der Waals surface area contributed by atoms with E-state index in [4.69, 9.17) is 4.74 Å². The Labute approximate surface area is 106 Å². The van der Waals surface area contributed by atoms with E-state index in [9.17, 15) is 0 Å². The maximum Gasteiger partial charge on any atom is 0.139 e. The number of fused-ring (bicyclic) bond motifs is 1. The van der Waals surface area contributed by atoms with Gasteiger partial charge < -0.3 is 9.14 Å². The Bertz CT molecular complexity index is 495. The zero-order chi connectivity index (χ0) is 12.3. The second kappa shape index (κ2) is 5.56. The molecule has 2 aromatic heterocycles. The van der Waals surface area contributed by atoms with Crippen molar-refractivity contribution in [3.8, 4) is 0 Å². The van der Waals surface area contributed by atoms with Gasteiger partial charge in [0.2, 0.25) is 0 Å². The largest absolute Gasteiger partial charge is 0.384 e. The van der Waals surface area contributed by atoms with Crippen LogP contribution in [-0.2, 0) is 10.5 Å². The van der Waals surface area contributed by atoms with Crippen molar-refractivity contribution in [1.82, 2.24) is 9.38 Å². The van der Waals surface area contributed by atoms with Crippen LogP contribution in [0.5, 0.6) is 0 Å². The van der Waals surface area contributed by atoms with Crippen LogP contribution in [0, 0.1) is 6.92 Å². The van der Waals surface area contributed by atoms with Crippen molar-refractivity contribution in [2.75, 3.05) is 13.7 Å². The van der Waals surface area contributed by atoms with Gasteiger partial charge in [-0.25, -0.2) is 4.98 Å². The summed E-state index contributed by atoms with van der Waals surface area (Å²) in [6.45, 7) is 5.05. The van der Waals surface area contributed by atoms with Crippen LogP contribution in [-0.4, -0.2) is 28.4 Å². The molecule has 0 fully saturated rings. The highest BCUT2D eigenvalue weighted by Crippen LogP contribution is 2.18. The molecule has 0 aliphatic rings. The number of hydrogen-bond donors (Lipinski definition) is 0. The second-order valence-corrected chi connectivity index (χ2v) is 5.66. The highest BCUT2D eigenvalue weighted by Gasteiger charge is 2.06. The van der Waals surface area contributed by atoms with Gasteiger partial charge in [0.25, 0.3) is 0 Å². The monoisotopic (exact) mass is 250 g/mol. The molecule has 0 unspecified atom stereocenters. The highest BCUT2D eigenvalue weighted by atomic mass is 32.2. The summed E-state index contributed by atoms with van der Waals surface area (Å²) in [6.07, 6.45) is 4.15. The van der Waals surface area contributed by atoms with Gasteiger partial charge in [-0.3, -0.25) is 0 Å². The maximum atomic E-state index is 5.12. The summed E-state index contributed by atoms with van der Waals surface area (Å²) in [4.78, 5) is 4.65. The molecule has 0 N–H and O–H groups in total. The van der Waals surface area contributed by atoms with Crippen molar-refractivity contribution >= 4 is 17.4 Å². The molecule has 3 nitrogen and oxygen atoms in total. The summed E-state index contributed by atoms with van der Waals surface area (Å²) in [5.74, 6) is 0.936. The molecule has 1 atom stereocenters. The molecule has 0 aromatic carbocycles. The summed E-state index contributed by atoms with van der Waals surface area (Å²) in [6, 6.07) is 4.14. The normalized spacial score (nSPS) is 13.1. The molecule has 2 aromatic rings.